The lowest BCUT2D eigenvalue weighted by Gasteiger charge is -2.20. The standard InChI is InChI=1S/C30H28N4O/c1-4-6-10-21(5-2)28-32-26-15-14-23(22-11-9-12-24(19-22)35-3)20-25(26)29(33-28)34-30(16-17-30)27-13-7-8-18-31-27/h4-15,18-20H,2,16-17H2,1,3H3,(H,32,33,34)/b6-4-,21-10+. The number of pyridine rings is 1. The molecule has 4 aromatic rings. The van der Waals surface area contributed by atoms with Crippen LogP contribution in [-0.4, -0.2) is 22.1 Å². The van der Waals surface area contributed by atoms with Crippen molar-refractivity contribution in [3.8, 4) is 16.9 Å². The number of aromatic nitrogens is 3. The number of methoxy groups -OCH3 is 1. The maximum Gasteiger partial charge on any atom is 0.162 e. The average molecular weight is 461 g/mol. The highest BCUT2D eigenvalue weighted by Gasteiger charge is 2.46. The molecule has 1 aliphatic carbocycles. The lowest BCUT2D eigenvalue weighted by molar-refractivity contribution is 0.415. The molecular weight excluding hydrogens is 432 g/mol. The van der Waals surface area contributed by atoms with E-state index in [1.165, 1.54) is 0 Å². The minimum atomic E-state index is -0.215. The maximum atomic E-state index is 5.43. The van der Waals surface area contributed by atoms with Crippen LogP contribution in [0.5, 0.6) is 5.75 Å². The Hall–Kier alpha value is -4.25. The summed E-state index contributed by atoms with van der Waals surface area (Å²) in [6.45, 7) is 5.96. The van der Waals surface area contributed by atoms with E-state index >= 15 is 0 Å². The minimum absolute atomic E-state index is 0.215. The zero-order chi connectivity index (χ0) is 24.3. The highest BCUT2D eigenvalue weighted by atomic mass is 16.5. The SMILES string of the molecule is C=C/C(=C\C=C/C)c1nc(NC2(c3ccccn3)CC2)c2cc(-c3cccc(OC)c3)ccc2n1. The van der Waals surface area contributed by atoms with E-state index in [4.69, 9.17) is 14.7 Å². The Balaban J connectivity index is 1.66. The van der Waals surface area contributed by atoms with E-state index in [0.29, 0.717) is 5.82 Å². The van der Waals surface area contributed by atoms with Gasteiger partial charge in [0.25, 0.3) is 0 Å². The number of benzene rings is 2. The molecule has 1 aliphatic rings. The molecule has 2 aromatic carbocycles. The van der Waals surface area contributed by atoms with E-state index in [1.807, 2.05) is 61.7 Å². The van der Waals surface area contributed by atoms with Crippen LogP contribution in [0.25, 0.3) is 27.6 Å². The molecule has 0 amide bonds. The zero-order valence-corrected chi connectivity index (χ0v) is 20.0. The second-order valence-corrected chi connectivity index (χ2v) is 8.63. The lowest BCUT2D eigenvalue weighted by atomic mass is 10.0. The second kappa shape index (κ2) is 9.55. The van der Waals surface area contributed by atoms with Crippen LogP contribution in [-0.2, 0) is 5.54 Å². The third-order valence-electron chi connectivity index (χ3n) is 6.31. The summed E-state index contributed by atoms with van der Waals surface area (Å²) >= 11 is 0. The first-order valence-electron chi connectivity index (χ1n) is 11.8. The minimum Gasteiger partial charge on any atom is -0.497 e. The number of nitrogens with zero attached hydrogens (tertiary/aromatic N) is 3. The molecule has 35 heavy (non-hydrogen) atoms. The predicted octanol–water partition coefficient (Wildman–Crippen LogP) is 6.95. The van der Waals surface area contributed by atoms with Gasteiger partial charge in [0, 0.05) is 17.2 Å². The number of hydrogen-bond donors (Lipinski definition) is 1. The van der Waals surface area contributed by atoms with Gasteiger partial charge in [-0.2, -0.15) is 0 Å². The van der Waals surface area contributed by atoms with Crippen molar-refractivity contribution in [3.63, 3.8) is 0 Å². The molecule has 0 aliphatic heterocycles. The molecule has 1 saturated carbocycles. The number of allylic oxidation sites excluding steroid dienone is 5. The van der Waals surface area contributed by atoms with Gasteiger partial charge in [0.05, 0.1) is 23.9 Å². The van der Waals surface area contributed by atoms with Crippen LogP contribution in [0.15, 0.2) is 97.7 Å². The van der Waals surface area contributed by atoms with Gasteiger partial charge in [-0.25, -0.2) is 9.97 Å². The Morgan fingerprint density at radius 3 is 2.60 bits per heavy atom. The van der Waals surface area contributed by atoms with E-state index < -0.39 is 0 Å². The molecule has 1 fully saturated rings. The number of hydrogen-bond acceptors (Lipinski definition) is 5. The average Bonchev–Trinajstić information content (AvgIpc) is 3.70. The second-order valence-electron chi connectivity index (χ2n) is 8.63. The van der Waals surface area contributed by atoms with Gasteiger partial charge in [-0.05, 0) is 67.3 Å². The first kappa shape index (κ1) is 22.5. The summed E-state index contributed by atoms with van der Waals surface area (Å²) < 4.78 is 5.43. The lowest BCUT2D eigenvalue weighted by Crippen LogP contribution is -2.21. The van der Waals surface area contributed by atoms with Crippen LogP contribution in [0.1, 0.15) is 31.3 Å². The molecule has 0 saturated heterocycles. The van der Waals surface area contributed by atoms with Gasteiger partial charge in [-0.15, -0.1) is 0 Å². The number of rotatable bonds is 8. The first-order chi connectivity index (χ1) is 17.2. The van der Waals surface area contributed by atoms with Crippen LogP contribution < -0.4 is 10.1 Å². The normalized spacial score (nSPS) is 14.7. The molecule has 0 spiro atoms. The number of fused-ring (bicyclic) bond motifs is 1. The molecular formula is C30H28N4O. The van der Waals surface area contributed by atoms with Gasteiger partial charge in [-0.3, -0.25) is 4.98 Å². The van der Waals surface area contributed by atoms with Crippen LogP contribution in [0, 0.1) is 0 Å². The van der Waals surface area contributed by atoms with Crippen LogP contribution >= 0.6 is 0 Å². The van der Waals surface area contributed by atoms with Crippen molar-refractivity contribution in [2.75, 3.05) is 12.4 Å². The number of nitrogens with one attached hydrogen (secondary N) is 1. The van der Waals surface area contributed by atoms with E-state index in [2.05, 4.69) is 47.2 Å². The zero-order valence-electron chi connectivity index (χ0n) is 20.0. The summed E-state index contributed by atoms with van der Waals surface area (Å²) in [5.74, 6) is 2.26. The molecule has 174 valence electrons. The largest absolute Gasteiger partial charge is 0.497 e. The molecule has 2 heterocycles. The molecule has 2 aromatic heterocycles. The Bertz CT molecular complexity index is 1440. The van der Waals surface area contributed by atoms with E-state index in [9.17, 15) is 0 Å². The van der Waals surface area contributed by atoms with Crippen molar-refractivity contribution in [2.45, 2.75) is 25.3 Å². The summed E-state index contributed by atoms with van der Waals surface area (Å²) in [5, 5.41) is 4.71. The van der Waals surface area contributed by atoms with Gasteiger partial charge in [0.1, 0.15) is 11.6 Å². The third-order valence-corrected chi connectivity index (χ3v) is 6.31. The predicted molar refractivity (Wildman–Crippen MR) is 143 cm³/mol. The fraction of sp³-hybridized carbons (Fsp3) is 0.167. The first-order valence-corrected chi connectivity index (χ1v) is 11.8. The smallest absolute Gasteiger partial charge is 0.162 e. The van der Waals surface area contributed by atoms with E-state index in [-0.39, 0.29) is 5.54 Å². The van der Waals surface area contributed by atoms with Crippen molar-refractivity contribution < 1.29 is 4.74 Å². The summed E-state index contributed by atoms with van der Waals surface area (Å²) in [6.07, 6.45) is 11.6. The quantitative estimate of drug-likeness (QED) is 0.288. The van der Waals surface area contributed by atoms with E-state index in [1.54, 1.807) is 13.2 Å². The highest BCUT2D eigenvalue weighted by molar-refractivity contribution is 5.94. The molecule has 0 unspecified atom stereocenters. The van der Waals surface area contributed by atoms with Gasteiger partial charge in [0.15, 0.2) is 5.82 Å². The van der Waals surface area contributed by atoms with Crippen LogP contribution in [0.4, 0.5) is 5.82 Å². The van der Waals surface area contributed by atoms with Crippen molar-refractivity contribution >= 4 is 22.3 Å². The molecule has 1 N–H and O–H groups in total. The molecule has 0 atom stereocenters. The van der Waals surface area contributed by atoms with Gasteiger partial charge in [0.2, 0.25) is 0 Å². The number of ether oxygens (including phenoxy) is 1. The van der Waals surface area contributed by atoms with Gasteiger partial charge < -0.3 is 10.1 Å². The Kier molecular flexibility index (Phi) is 6.15. The van der Waals surface area contributed by atoms with E-state index in [0.717, 1.165) is 57.7 Å². The molecule has 0 bridgehead atoms. The Morgan fingerprint density at radius 1 is 1.03 bits per heavy atom. The third kappa shape index (κ3) is 4.58. The van der Waals surface area contributed by atoms with Crippen molar-refractivity contribution in [1.29, 1.82) is 0 Å². The molecule has 5 nitrogen and oxygen atoms in total. The van der Waals surface area contributed by atoms with Gasteiger partial charge in [-0.1, -0.05) is 55.1 Å². The van der Waals surface area contributed by atoms with Crippen molar-refractivity contribution in [1.82, 2.24) is 15.0 Å². The summed E-state index contributed by atoms with van der Waals surface area (Å²) in [5.41, 5.74) is 4.71. The monoisotopic (exact) mass is 460 g/mol. The molecule has 5 rings (SSSR count). The van der Waals surface area contributed by atoms with Crippen LogP contribution in [0.2, 0.25) is 0 Å². The molecule has 5 heteroatoms. The topological polar surface area (TPSA) is 59.9 Å². The Morgan fingerprint density at radius 2 is 1.89 bits per heavy atom. The molecule has 0 radical (unpaired) electrons. The number of anilines is 1. The maximum absolute atomic E-state index is 5.43. The summed E-state index contributed by atoms with van der Waals surface area (Å²) in [6, 6.07) is 20.4. The fourth-order valence-corrected chi connectivity index (χ4v) is 4.21. The van der Waals surface area contributed by atoms with Crippen molar-refractivity contribution in [3.05, 3.63) is 109 Å². The highest BCUT2D eigenvalue weighted by Crippen LogP contribution is 2.48. The van der Waals surface area contributed by atoms with Crippen molar-refractivity contribution in [2.24, 2.45) is 0 Å². The summed E-state index contributed by atoms with van der Waals surface area (Å²) in [4.78, 5) is 14.5. The fourth-order valence-electron chi connectivity index (χ4n) is 4.21. The van der Waals surface area contributed by atoms with Gasteiger partial charge >= 0.3 is 0 Å². The summed E-state index contributed by atoms with van der Waals surface area (Å²) in [7, 11) is 1.68. The Labute approximate surface area is 205 Å². The van der Waals surface area contributed by atoms with Crippen LogP contribution in [0.3, 0.4) is 0 Å².